The van der Waals surface area contributed by atoms with Crippen LogP contribution in [-0.4, -0.2) is 19.1 Å². The molecular formula is C8H10ClNO2S. The molecule has 0 fully saturated rings. The second-order valence-corrected chi connectivity index (χ2v) is 4.00. The molecule has 1 atom stereocenters. The number of hydrogen-bond acceptors (Lipinski definition) is 4. The lowest BCUT2D eigenvalue weighted by molar-refractivity contribution is -0.142. The third-order valence-corrected chi connectivity index (χ3v) is 2.85. The molecule has 1 aromatic heterocycles. The molecule has 72 valence electrons. The summed E-state index contributed by atoms with van der Waals surface area (Å²) >= 11 is 7.20. The Bertz CT molecular complexity index is 300. The molecule has 0 aliphatic rings. The second-order valence-electron chi connectivity index (χ2n) is 2.57. The molecule has 0 amide bonds. The molecule has 1 unspecified atom stereocenters. The molecule has 0 saturated heterocycles. The van der Waals surface area contributed by atoms with E-state index < -0.39 is 12.0 Å². The highest BCUT2D eigenvalue weighted by atomic mass is 35.5. The van der Waals surface area contributed by atoms with E-state index in [-0.39, 0.29) is 0 Å². The lowest BCUT2D eigenvalue weighted by Crippen LogP contribution is -2.33. The first kappa shape index (κ1) is 10.5. The SMILES string of the molecule is COC(=O)C(N)Cc1cc(Cl)cs1. The number of ether oxygens (including phenoxy) is 1. The third kappa shape index (κ3) is 2.99. The summed E-state index contributed by atoms with van der Waals surface area (Å²) in [5, 5.41) is 2.48. The van der Waals surface area contributed by atoms with Crippen molar-refractivity contribution in [3.63, 3.8) is 0 Å². The molecule has 0 aliphatic carbocycles. The van der Waals surface area contributed by atoms with Gasteiger partial charge < -0.3 is 10.5 Å². The molecular weight excluding hydrogens is 210 g/mol. The first-order valence-corrected chi connectivity index (χ1v) is 4.95. The number of carbonyl (C=O) groups is 1. The minimum atomic E-state index is -0.597. The zero-order chi connectivity index (χ0) is 9.84. The molecule has 2 N–H and O–H groups in total. The number of nitrogens with two attached hydrogens (primary N) is 1. The third-order valence-electron chi connectivity index (χ3n) is 1.55. The smallest absolute Gasteiger partial charge is 0.323 e. The highest BCUT2D eigenvalue weighted by Crippen LogP contribution is 2.20. The van der Waals surface area contributed by atoms with Gasteiger partial charge in [0, 0.05) is 16.7 Å². The van der Waals surface area contributed by atoms with Gasteiger partial charge in [-0.3, -0.25) is 4.79 Å². The van der Waals surface area contributed by atoms with Gasteiger partial charge in [0.1, 0.15) is 6.04 Å². The first-order valence-electron chi connectivity index (χ1n) is 3.70. The molecule has 0 aliphatic heterocycles. The maximum absolute atomic E-state index is 10.9. The van der Waals surface area contributed by atoms with Crippen molar-refractivity contribution in [2.24, 2.45) is 5.73 Å². The Morgan fingerprint density at radius 3 is 3.00 bits per heavy atom. The zero-order valence-electron chi connectivity index (χ0n) is 7.12. The monoisotopic (exact) mass is 219 g/mol. The van der Waals surface area contributed by atoms with E-state index in [1.807, 2.05) is 0 Å². The van der Waals surface area contributed by atoms with Crippen molar-refractivity contribution < 1.29 is 9.53 Å². The predicted molar refractivity (Wildman–Crippen MR) is 53.0 cm³/mol. The topological polar surface area (TPSA) is 52.3 Å². The van der Waals surface area contributed by atoms with Crippen molar-refractivity contribution in [2.45, 2.75) is 12.5 Å². The molecule has 0 saturated carbocycles. The summed E-state index contributed by atoms with van der Waals surface area (Å²) in [5.74, 6) is -0.399. The number of thiophene rings is 1. The molecule has 0 aromatic carbocycles. The molecule has 1 aromatic rings. The van der Waals surface area contributed by atoms with Gasteiger partial charge in [0.2, 0.25) is 0 Å². The number of halogens is 1. The van der Waals surface area contributed by atoms with Crippen LogP contribution in [0, 0.1) is 0 Å². The van der Waals surface area contributed by atoms with Crippen LogP contribution in [0.25, 0.3) is 0 Å². The average molecular weight is 220 g/mol. The number of carbonyl (C=O) groups excluding carboxylic acids is 1. The summed E-state index contributed by atoms with van der Waals surface area (Å²) in [4.78, 5) is 11.9. The van der Waals surface area contributed by atoms with Crippen molar-refractivity contribution in [2.75, 3.05) is 7.11 Å². The van der Waals surface area contributed by atoms with Crippen LogP contribution < -0.4 is 5.73 Å². The maximum Gasteiger partial charge on any atom is 0.323 e. The molecule has 5 heteroatoms. The van der Waals surface area contributed by atoms with Crippen molar-refractivity contribution >= 4 is 28.9 Å². The highest BCUT2D eigenvalue weighted by molar-refractivity contribution is 7.10. The Labute approximate surface area is 85.4 Å². The van der Waals surface area contributed by atoms with E-state index in [1.165, 1.54) is 18.4 Å². The minimum absolute atomic E-state index is 0.399. The fourth-order valence-corrected chi connectivity index (χ4v) is 2.05. The van der Waals surface area contributed by atoms with E-state index in [4.69, 9.17) is 17.3 Å². The lowest BCUT2D eigenvalue weighted by Gasteiger charge is -2.06. The summed E-state index contributed by atoms with van der Waals surface area (Å²) in [6.45, 7) is 0. The Morgan fingerprint density at radius 1 is 1.85 bits per heavy atom. The normalized spacial score (nSPS) is 12.5. The quantitative estimate of drug-likeness (QED) is 0.783. The van der Waals surface area contributed by atoms with E-state index in [0.29, 0.717) is 11.4 Å². The molecule has 1 rings (SSSR count). The summed E-state index contributed by atoms with van der Waals surface area (Å²) < 4.78 is 4.50. The summed E-state index contributed by atoms with van der Waals surface area (Å²) in [5.41, 5.74) is 5.56. The molecule has 13 heavy (non-hydrogen) atoms. The standard InChI is InChI=1S/C8H10ClNO2S/c1-12-8(11)7(10)3-6-2-5(9)4-13-6/h2,4,7H,3,10H2,1H3. The van der Waals surface area contributed by atoms with Crippen LogP contribution in [0.2, 0.25) is 5.02 Å². The average Bonchev–Trinajstić information content (AvgIpc) is 2.49. The Balaban J connectivity index is 2.54. The van der Waals surface area contributed by atoms with Gasteiger partial charge in [-0.05, 0) is 6.07 Å². The second kappa shape index (κ2) is 4.60. The lowest BCUT2D eigenvalue weighted by atomic mass is 10.2. The molecule has 0 radical (unpaired) electrons. The summed E-state index contributed by atoms with van der Waals surface area (Å²) in [7, 11) is 1.32. The van der Waals surface area contributed by atoms with E-state index in [0.717, 1.165) is 4.88 Å². The fourth-order valence-electron chi connectivity index (χ4n) is 0.912. The van der Waals surface area contributed by atoms with Crippen LogP contribution in [0.15, 0.2) is 11.4 Å². The van der Waals surface area contributed by atoms with Gasteiger partial charge in [0.25, 0.3) is 0 Å². The van der Waals surface area contributed by atoms with Gasteiger partial charge >= 0.3 is 5.97 Å². The van der Waals surface area contributed by atoms with Gasteiger partial charge in [0.05, 0.1) is 12.1 Å². The summed E-state index contributed by atoms with van der Waals surface area (Å²) in [6.07, 6.45) is 0.476. The zero-order valence-corrected chi connectivity index (χ0v) is 8.69. The largest absolute Gasteiger partial charge is 0.468 e. The number of methoxy groups -OCH3 is 1. The van der Waals surface area contributed by atoms with E-state index in [9.17, 15) is 4.79 Å². The van der Waals surface area contributed by atoms with Gasteiger partial charge in [-0.15, -0.1) is 11.3 Å². The van der Waals surface area contributed by atoms with Gasteiger partial charge in [-0.25, -0.2) is 0 Å². The van der Waals surface area contributed by atoms with Crippen LogP contribution >= 0.6 is 22.9 Å². The molecule has 0 bridgehead atoms. The van der Waals surface area contributed by atoms with Gasteiger partial charge in [-0.2, -0.15) is 0 Å². The van der Waals surface area contributed by atoms with Gasteiger partial charge in [0.15, 0.2) is 0 Å². The van der Waals surface area contributed by atoms with E-state index >= 15 is 0 Å². The Hall–Kier alpha value is -0.580. The van der Waals surface area contributed by atoms with Crippen LogP contribution in [-0.2, 0) is 16.0 Å². The van der Waals surface area contributed by atoms with Crippen LogP contribution in [0.5, 0.6) is 0 Å². The van der Waals surface area contributed by atoms with Crippen LogP contribution in [0.3, 0.4) is 0 Å². The number of rotatable bonds is 3. The first-order chi connectivity index (χ1) is 6.13. The van der Waals surface area contributed by atoms with Crippen molar-refractivity contribution in [3.8, 4) is 0 Å². The van der Waals surface area contributed by atoms with Crippen LogP contribution in [0.1, 0.15) is 4.88 Å². The number of hydrogen-bond donors (Lipinski definition) is 1. The van der Waals surface area contributed by atoms with Crippen molar-refractivity contribution in [1.29, 1.82) is 0 Å². The summed E-state index contributed by atoms with van der Waals surface area (Å²) in [6, 6.07) is 1.20. The highest BCUT2D eigenvalue weighted by Gasteiger charge is 2.14. The maximum atomic E-state index is 10.9. The van der Waals surface area contributed by atoms with Crippen molar-refractivity contribution in [1.82, 2.24) is 0 Å². The van der Waals surface area contributed by atoms with E-state index in [1.54, 1.807) is 11.4 Å². The predicted octanol–water partition coefficient (Wildman–Crippen LogP) is 1.44. The van der Waals surface area contributed by atoms with Gasteiger partial charge in [-0.1, -0.05) is 11.6 Å². The van der Waals surface area contributed by atoms with Crippen molar-refractivity contribution in [3.05, 3.63) is 21.3 Å². The fraction of sp³-hybridized carbons (Fsp3) is 0.375. The number of esters is 1. The molecule has 3 nitrogen and oxygen atoms in total. The Kier molecular flexibility index (Phi) is 3.71. The molecule has 1 heterocycles. The van der Waals surface area contributed by atoms with Crippen LogP contribution in [0.4, 0.5) is 0 Å². The Morgan fingerprint density at radius 2 is 2.54 bits per heavy atom. The minimum Gasteiger partial charge on any atom is -0.468 e. The molecule has 0 spiro atoms. The van der Waals surface area contributed by atoms with E-state index in [2.05, 4.69) is 4.74 Å².